The molecule has 0 aromatic heterocycles. The molecule has 1 aliphatic carbocycles. The van der Waals surface area contributed by atoms with E-state index in [9.17, 15) is 5.11 Å². The lowest BCUT2D eigenvalue weighted by atomic mass is 9.87. The third kappa shape index (κ3) is 3.29. The van der Waals surface area contributed by atoms with Crippen molar-refractivity contribution in [3.8, 4) is 0 Å². The normalized spacial score (nSPS) is 19.8. The van der Waals surface area contributed by atoms with Crippen molar-refractivity contribution in [2.45, 2.75) is 37.6 Å². The molecule has 2 aromatic carbocycles. The number of hydrogen-bond acceptors (Lipinski definition) is 2. The smallest absolute Gasteiger partial charge is 0.0628 e. The van der Waals surface area contributed by atoms with Gasteiger partial charge in [0.1, 0.15) is 0 Å². The molecule has 0 radical (unpaired) electrons. The van der Waals surface area contributed by atoms with Crippen molar-refractivity contribution in [2.75, 3.05) is 19.7 Å². The number of aryl methyl sites for hydroxylation is 1. The van der Waals surface area contributed by atoms with Gasteiger partial charge in [0.15, 0.2) is 0 Å². The number of rotatable bonds is 4. The highest BCUT2D eigenvalue weighted by Crippen LogP contribution is 2.36. The lowest BCUT2D eigenvalue weighted by molar-refractivity contribution is 0.0979. The standard InChI is InChI=1S/C23H27NO/c1-17-7-8-21-15-20(9-10-22(17)21)18-11-13-24(14-12-18)23(16-25)19-5-3-2-4-6-19/h2-6,9-10,15,18,23,25H,1,7-8,11-14,16H2. The van der Waals surface area contributed by atoms with E-state index in [-0.39, 0.29) is 12.6 Å². The van der Waals surface area contributed by atoms with E-state index in [1.54, 1.807) is 0 Å². The molecular weight excluding hydrogens is 306 g/mol. The number of fused-ring (bicyclic) bond motifs is 1. The van der Waals surface area contributed by atoms with Crippen LogP contribution in [0.1, 0.15) is 53.5 Å². The van der Waals surface area contributed by atoms with Crippen molar-refractivity contribution in [3.05, 3.63) is 77.4 Å². The number of piperidine rings is 1. The summed E-state index contributed by atoms with van der Waals surface area (Å²) in [5.41, 5.74) is 6.88. The summed E-state index contributed by atoms with van der Waals surface area (Å²) in [5, 5.41) is 9.90. The Morgan fingerprint density at radius 3 is 2.52 bits per heavy atom. The summed E-state index contributed by atoms with van der Waals surface area (Å²) >= 11 is 0. The summed E-state index contributed by atoms with van der Waals surface area (Å²) < 4.78 is 0. The second-order valence-corrected chi connectivity index (χ2v) is 7.44. The molecule has 1 saturated heterocycles. The fourth-order valence-corrected chi connectivity index (χ4v) is 4.49. The molecule has 2 heteroatoms. The fraction of sp³-hybridized carbons (Fsp3) is 0.391. The predicted octanol–water partition coefficient (Wildman–Crippen LogP) is 4.56. The zero-order valence-electron chi connectivity index (χ0n) is 14.8. The first kappa shape index (κ1) is 16.6. The molecule has 2 aromatic rings. The van der Waals surface area contributed by atoms with Gasteiger partial charge in [0.05, 0.1) is 12.6 Å². The van der Waals surface area contributed by atoms with Crippen molar-refractivity contribution >= 4 is 5.57 Å². The lowest BCUT2D eigenvalue weighted by Crippen LogP contribution is -2.37. The maximum absolute atomic E-state index is 9.90. The Morgan fingerprint density at radius 1 is 1.04 bits per heavy atom. The minimum absolute atomic E-state index is 0.130. The first-order chi connectivity index (χ1) is 12.3. The zero-order chi connectivity index (χ0) is 17.2. The van der Waals surface area contributed by atoms with Crippen LogP contribution in [0.15, 0.2) is 55.1 Å². The van der Waals surface area contributed by atoms with E-state index in [4.69, 9.17) is 0 Å². The Labute approximate surface area is 150 Å². The summed E-state index contributed by atoms with van der Waals surface area (Å²) in [6, 6.07) is 17.6. The van der Waals surface area contributed by atoms with Crippen LogP contribution in [0.25, 0.3) is 5.57 Å². The summed E-state index contributed by atoms with van der Waals surface area (Å²) in [5.74, 6) is 0.644. The molecule has 0 amide bonds. The Bertz CT molecular complexity index is 744. The van der Waals surface area contributed by atoms with E-state index in [1.807, 2.05) is 6.07 Å². The maximum atomic E-state index is 9.90. The van der Waals surface area contributed by atoms with Crippen LogP contribution in [0.2, 0.25) is 0 Å². The maximum Gasteiger partial charge on any atom is 0.0628 e. The van der Waals surface area contributed by atoms with Gasteiger partial charge in [-0.1, -0.05) is 55.1 Å². The van der Waals surface area contributed by atoms with Gasteiger partial charge in [-0.15, -0.1) is 0 Å². The van der Waals surface area contributed by atoms with Gasteiger partial charge in [-0.3, -0.25) is 4.90 Å². The Balaban J connectivity index is 1.44. The van der Waals surface area contributed by atoms with Crippen LogP contribution in [-0.4, -0.2) is 29.7 Å². The van der Waals surface area contributed by atoms with Crippen LogP contribution >= 0.6 is 0 Å². The third-order valence-electron chi connectivity index (χ3n) is 6.01. The van der Waals surface area contributed by atoms with E-state index in [0.717, 1.165) is 25.9 Å². The van der Waals surface area contributed by atoms with Gasteiger partial charge >= 0.3 is 0 Å². The van der Waals surface area contributed by atoms with E-state index in [0.29, 0.717) is 5.92 Å². The van der Waals surface area contributed by atoms with Gasteiger partial charge < -0.3 is 5.11 Å². The summed E-state index contributed by atoms with van der Waals surface area (Å²) in [6.45, 7) is 6.47. The molecule has 1 unspecified atom stereocenters. The summed E-state index contributed by atoms with van der Waals surface area (Å²) in [4.78, 5) is 2.45. The minimum atomic E-state index is 0.130. The van der Waals surface area contributed by atoms with Gasteiger partial charge in [0.25, 0.3) is 0 Å². The SMILES string of the molecule is C=C1CCc2cc(C3CCN(C(CO)c4ccccc4)CC3)ccc21. The Kier molecular flexibility index (Phi) is 4.74. The zero-order valence-corrected chi connectivity index (χ0v) is 14.8. The van der Waals surface area contributed by atoms with Gasteiger partial charge in [-0.25, -0.2) is 0 Å². The molecule has 1 atom stereocenters. The van der Waals surface area contributed by atoms with Crippen LogP contribution in [0.5, 0.6) is 0 Å². The molecule has 1 fully saturated rings. The fourth-order valence-electron chi connectivity index (χ4n) is 4.49. The molecule has 1 heterocycles. The molecule has 2 aliphatic rings. The van der Waals surface area contributed by atoms with Gasteiger partial charge in [-0.05, 0) is 72.5 Å². The van der Waals surface area contributed by atoms with E-state index in [2.05, 4.69) is 53.9 Å². The first-order valence-corrected chi connectivity index (χ1v) is 9.47. The van der Waals surface area contributed by atoms with E-state index in [1.165, 1.54) is 40.7 Å². The average Bonchev–Trinajstić information content (AvgIpc) is 3.04. The van der Waals surface area contributed by atoms with Crippen molar-refractivity contribution in [1.29, 1.82) is 0 Å². The van der Waals surface area contributed by atoms with Gasteiger partial charge in [0, 0.05) is 0 Å². The van der Waals surface area contributed by atoms with Crippen LogP contribution in [0.3, 0.4) is 0 Å². The molecule has 1 aliphatic heterocycles. The molecule has 25 heavy (non-hydrogen) atoms. The minimum Gasteiger partial charge on any atom is -0.394 e. The number of aliphatic hydroxyl groups excluding tert-OH is 1. The van der Waals surface area contributed by atoms with E-state index < -0.39 is 0 Å². The van der Waals surface area contributed by atoms with E-state index >= 15 is 0 Å². The molecular formula is C23H27NO. The first-order valence-electron chi connectivity index (χ1n) is 9.47. The number of nitrogens with zero attached hydrogens (tertiary/aromatic N) is 1. The highest BCUT2D eigenvalue weighted by molar-refractivity contribution is 5.71. The van der Waals surface area contributed by atoms with Crippen LogP contribution in [0, 0.1) is 0 Å². The van der Waals surface area contributed by atoms with Crippen LogP contribution in [0.4, 0.5) is 0 Å². The number of likely N-dealkylation sites (tertiary alicyclic amines) is 1. The number of benzene rings is 2. The van der Waals surface area contributed by atoms with Crippen LogP contribution in [-0.2, 0) is 6.42 Å². The molecule has 0 bridgehead atoms. The highest BCUT2D eigenvalue weighted by Gasteiger charge is 2.27. The molecule has 1 N–H and O–H groups in total. The quantitative estimate of drug-likeness (QED) is 0.887. The molecule has 2 nitrogen and oxygen atoms in total. The number of hydrogen-bond donors (Lipinski definition) is 1. The van der Waals surface area contributed by atoms with Crippen LogP contribution < -0.4 is 0 Å². The molecule has 0 spiro atoms. The topological polar surface area (TPSA) is 23.5 Å². The van der Waals surface area contributed by atoms with Crippen molar-refractivity contribution < 1.29 is 5.11 Å². The second-order valence-electron chi connectivity index (χ2n) is 7.44. The molecule has 130 valence electrons. The third-order valence-corrected chi connectivity index (χ3v) is 6.01. The van der Waals surface area contributed by atoms with Crippen molar-refractivity contribution in [3.63, 3.8) is 0 Å². The number of aliphatic hydroxyl groups is 1. The average molecular weight is 333 g/mol. The summed E-state index contributed by atoms with van der Waals surface area (Å²) in [6.07, 6.45) is 4.61. The number of allylic oxidation sites excluding steroid dienone is 1. The largest absolute Gasteiger partial charge is 0.394 e. The molecule has 0 saturated carbocycles. The lowest BCUT2D eigenvalue weighted by Gasteiger charge is -2.37. The Morgan fingerprint density at radius 2 is 1.80 bits per heavy atom. The van der Waals surface area contributed by atoms with Crippen molar-refractivity contribution in [2.24, 2.45) is 0 Å². The van der Waals surface area contributed by atoms with Gasteiger partial charge in [0.2, 0.25) is 0 Å². The van der Waals surface area contributed by atoms with Crippen molar-refractivity contribution in [1.82, 2.24) is 4.90 Å². The molecule has 4 rings (SSSR count). The second kappa shape index (κ2) is 7.15. The Hall–Kier alpha value is -1.90. The summed E-state index contributed by atoms with van der Waals surface area (Å²) in [7, 11) is 0. The van der Waals surface area contributed by atoms with Gasteiger partial charge in [-0.2, -0.15) is 0 Å². The highest BCUT2D eigenvalue weighted by atomic mass is 16.3. The predicted molar refractivity (Wildman–Crippen MR) is 104 cm³/mol. The monoisotopic (exact) mass is 333 g/mol.